The van der Waals surface area contributed by atoms with E-state index in [4.69, 9.17) is 23.8 Å². The number of aromatic nitrogens is 2. The number of hydrogen-bond donors (Lipinski definition) is 1. The minimum atomic E-state index is -0.936. The van der Waals surface area contributed by atoms with Gasteiger partial charge < -0.3 is 4.98 Å². The topological polar surface area (TPSA) is 20.7 Å². The summed E-state index contributed by atoms with van der Waals surface area (Å²) in [6, 6.07) is 7.73. The van der Waals surface area contributed by atoms with E-state index in [1.807, 2.05) is 6.92 Å². The van der Waals surface area contributed by atoms with Gasteiger partial charge in [-0.1, -0.05) is 17.7 Å². The van der Waals surface area contributed by atoms with Gasteiger partial charge in [0.25, 0.3) is 0 Å². The Balaban J connectivity index is 2.48. The molecule has 0 amide bonds. The van der Waals surface area contributed by atoms with E-state index in [0.717, 1.165) is 11.6 Å². The molecule has 0 aliphatic heterocycles. The van der Waals surface area contributed by atoms with Crippen LogP contribution in [0.4, 0.5) is 8.78 Å². The maximum Gasteiger partial charge on any atom is 0.184 e. The van der Waals surface area contributed by atoms with Crippen LogP contribution in [0.1, 0.15) is 5.56 Å². The van der Waals surface area contributed by atoms with Crippen LogP contribution in [0.2, 0.25) is 5.02 Å². The van der Waals surface area contributed by atoms with Crippen LogP contribution in [0.15, 0.2) is 30.3 Å². The van der Waals surface area contributed by atoms with Crippen LogP contribution in [0.25, 0.3) is 16.7 Å². The van der Waals surface area contributed by atoms with Crippen LogP contribution in [0, 0.1) is 23.3 Å². The van der Waals surface area contributed by atoms with Crippen molar-refractivity contribution in [2.45, 2.75) is 6.92 Å². The Bertz CT molecular complexity index is 883. The fourth-order valence-electron chi connectivity index (χ4n) is 2.19. The smallest absolute Gasteiger partial charge is 0.184 e. The molecular formula is C14H9ClF2N2S. The number of aryl methyl sites for hydroxylation is 1. The molecule has 3 rings (SSSR count). The van der Waals surface area contributed by atoms with E-state index in [1.54, 1.807) is 18.2 Å². The van der Waals surface area contributed by atoms with Gasteiger partial charge in [-0.25, -0.2) is 8.78 Å². The summed E-state index contributed by atoms with van der Waals surface area (Å²) < 4.78 is 29.3. The number of halogens is 3. The van der Waals surface area contributed by atoms with Gasteiger partial charge in [-0.2, -0.15) is 0 Å². The maximum absolute atomic E-state index is 14.1. The molecule has 2 nitrogen and oxygen atoms in total. The highest BCUT2D eigenvalue weighted by molar-refractivity contribution is 7.71. The molecule has 0 saturated heterocycles. The minimum Gasteiger partial charge on any atom is -0.330 e. The fraction of sp³-hybridized carbons (Fsp3) is 0.0714. The highest BCUT2D eigenvalue weighted by Gasteiger charge is 2.16. The summed E-state index contributed by atoms with van der Waals surface area (Å²) in [4.78, 5) is 2.87. The number of rotatable bonds is 1. The Morgan fingerprint density at radius 3 is 2.70 bits per heavy atom. The first-order chi connectivity index (χ1) is 9.49. The number of benzene rings is 2. The van der Waals surface area contributed by atoms with Crippen molar-refractivity contribution in [3.63, 3.8) is 0 Å². The van der Waals surface area contributed by atoms with Crippen LogP contribution in [0.5, 0.6) is 0 Å². The van der Waals surface area contributed by atoms with Crippen LogP contribution < -0.4 is 0 Å². The number of H-pyrrole nitrogens is 1. The Labute approximate surface area is 123 Å². The van der Waals surface area contributed by atoms with Gasteiger partial charge in [-0.15, -0.1) is 0 Å². The Morgan fingerprint density at radius 2 is 1.95 bits per heavy atom. The molecule has 0 saturated carbocycles. The highest BCUT2D eigenvalue weighted by Crippen LogP contribution is 2.27. The zero-order valence-corrected chi connectivity index (χ0v) is 11.9. The second-order valence-electron chi connectivity index (χ2n) is 4.45. The molecule has 0 atom stereocenters. The second-order valence-corrected chi connectivity index (χ2v) is 5.28. The average molecular weight is 311 g/mol. The average Bonchev–Trinajstić information content (AvgIpc) is 2.74. The van der Waals surface area contributed by atoms with Crippen molar-refractivity contribution in [1.82, 2.24) is 9.55 Å². The van der Waals surface area contributed by atoms with E-state index < -0.39 is 11.6 Å². The third-order valence-corrected chi connectivity index (χ3v) is 3.67. The van der Waals surface area contributed by atoms with Gasteiger partial charge in [-0.05, 0) is 49.0 Å². The maximum atomic E-state index is 14.1. The monoisotopic (exact) mass is 310 g/mol. The summed E-state index contributed by atoms with van der Waals surface area (Å²) in [5, 5.41) is 0.499. The van der Waals surface area contributed by atoms with Crippen molar-refractivity contribution in [3.05, 3.63) is 57.3 Å². The summed E-state index contributed by atoms with van der Waals surface area (Å²) in [5.74, 6) is -1.85. The first-order valence-electron chi connectivity index (χ1n) is 5.84. The molecule has 102 valence electrons. The Morgan fingerprint density at radius 1 is 1.20 bits per heavy atom. The number of fused-ring (bicyclic) bond motifs is 1. The summed E-state index contributed by atoms with van der Waals surface area (Å²) in [6.45, 7) is 1.85. The number of nitrogens with zero attached hydrogens (tertiary/aromatic N) is 1. The van der Waals surface area contributed by atoms with Crippen molar-refractivity contribution in [3.8, 4) is 5.69 Å². The summed E-state index contributed by atoms with van der Waals surface area (Å²) in [7, 11) is 0. The van der Waals surface area contributed by atoms with Crippen LogP contribution in [-0.4, -0.2) is 9.55 Å². The van der Waals surface area contributed by atoms with Crippen molar-refractivity contribution in [2.24, 2.45) is 0 Å². The molecule has 0 radical (unpaired) electrons. The molecule has 0 spiro atoms. The molecule has 1 heterocycles. The molecule has 0 aliphatic rings. The molecule has 0 aliphatic carbocycles. The van der Waals surface area contributed by atoms with E-state index in [1.165, 1.54) is 10.6 Å². The van der Waals surface area contributed by atoms with Gasteiger partial charge in [0.1, 0.15) is 5.52 Å². The fourth-order valence-corrected chi connectivity index (χ4v) is 2.65. The lowest BCUT2D eigenvalue weighted by atomic mass is 10.2. The highest BCUT2D eigenvalue weighted by atomic mass is 35.5. The summed E-state index contributed by atoms with van der Waals surface area (Å²) in [5.41, 5.74) is 2.00. The third kappa shape index (κ3) is 1.94. The zero-order valence-electron chi connectivity index (χ0n) is 10.4. The number of hydrogen-bond acceptors (Lipinski definition) is 1. The molecule has 1 N–H and O–H groups in total. The van der Waals surface area contributed by atoms with Crippen LogP contribution in [-0.2, 0) is 0 Å². The van der Waals surface area contributed by atoms with Gasteiger partial charge in [-0.3, -0.25) is 4.57 Å². The van der Waals surface area contributed by atoms with Gasteiger partial charge in [0, 0.05) is 5.02 Å². The molecule has 6 heteroatoms. The van der Waals surface area contributed by atoms with E-state index in [2.05, 4.69) is 4.98 Å². The lowest BCUT2D eigenvalue weighted by molar-refractivity contribution is 0.514. The normalized spacial score (nSPS) is 11.2. The van der Waals surface area contributed by atoms with Crippen molar-refractivity contribution in [1.29, 1.82) is 0 Å². The van der Waals surface area contributed by atoms with Crippen LogP contribution >= 0.6 is 23.8 Å². The quantitative estimate of drug-likeness (QED) is 0.632. The van der Waals surface area contributed by atoms with Gasteiger partial charge in [0.05, 0.1) is 11.2 Å². The largest absolute Gasteiger partial charge is 0.330 e. The Hall–Kier alpha value is -1.72. The molecule has 0 bridgehead atoms. The number of aromatic amines is 1. The molecule has 20 heavy (non-hydrogen) atoms. The van der Waals surface area contributed by atoms with Gasteiger partial charge >= 0.3 is 0 Å². The molecule has 2 aromatic carbocycles. The van der Waals surface area contributed by atoms with Crippen molar-refractivity contribution >= 4 is 34.9 Å². The third-order valence-electron chi connectivity index (χ3n) is 3.15. The number of nitrogens with one attached hydrogen (secondary N) is 1. The lowest BCUT2D eigenvalue weighted by Gasteiger charge is -2.09. The predicted molar refractivity (Wildman–Crippen MR) is 78.1 cm³/mol. The predicted octanol–water partition coefficient (Wildman–Crippen LogP) is 4.93. The first kappa shape index (κ1) is 13.3. The second kappa shape index (κ2) is 4.68. The van der Waals surface area contributed by atoms with Crippen molar-refractivity contribution < 1.29 is 8.78 Å². The van der Waals surface area contributed by atoms with Crippen LogP contribution in [0.3, 0.4) is 0 Å². The zero-order chi connectivity index (χ0) is 14.4. The molecule has 0 unspecified atom stereocenters. The molecule has 0 fully saturated rings. The summed E-state index contributed by atoms with van der Waals surface area (Å²) >= 11 is 11.2. The lowest BCUT2D eigenvalue weighted by Crippen LogP contribution is -1.99. The minimum absolute atomic E-state index is 0.0837. The van der Waals surface area contributed by atoms with E-state index in [-0.39, 0.29) is 10.3 Å². The molecule has 3 aromatic rings. The standard InChI is InChI=1S/C14H9ClF2N2S/c1-7-2-3-8(15)6-11(7)19-13-10(18-14(19)20)5-4-9(16)12(13)17/h2-6H,1H3,(H,18,20). The summed E-state index contributed by atoms with van der Waals surface area (Å²) in [6.07, 6.45) is 0. The van der Waals surface area contributed by atoms with E-state index in [0.29, 0.717) is 16.2 Å². The first-order valence-corrected chi connectivity index (χ1v) is 6.63. The molecule has 1 aromatic heterocycles. The van der Waals surface area contributed by atoms with Crippen molar-refractivity contribution in [2.75, 3.05) is 0 Å². The Kier molecular flexibility index (Phi) is 3.11. The number of imidazole rings is 1. The van der Waals surface area contributed by atoms with E-state index in [9.17, 15) is 8.78 Å². The van der Waals surface area contributed by atoms with Gasteiger partial charge in [0.15, 0.2) is 16.4 Å². The SMILES string of the molecule is Cc1ccc(Cl)cc1-n1c(=S)[nH]c2ccc(F)c(F)c21. The van der Waals surface area contributed by atoms with Gasteiger partial charge in [0.2, 0.25) is 0 Å². The van der Waals surface area contributed by atoms with E-state index >= 15 is 0 Å². The molecular weight excluding hydrogens is 302 g/mol.